The first-order valence-corrected chi connectivity index (χ1v) is 6.11. The summed E-state index contributed by atoms with van der Waals surface area (Å²) < 4.78 is 51.8. The van der Waals surface area contributed by atoms with Gasteiger partial charge in [0.05, 0.1) is 11.3 Å². The van der Waals surface area contributed by atoms with Crippen LogP contribution in [0.2, 0.25) is 0 Å². The number of anilines is 1. The standard InChI is InChI=1S/C13H16F4N2/c1-9-8-18(2)5-6-19(9)12-7-10(13(15,16)17)3-4-11(12)14/h3-4,7,9H,5-6,8H2,1-2H3/t9-/m1/s1. The third-order valence-corrected chi connectivity index (χ3v) is 3.41. The van der Waals surface area contributed by atoms with Crippen molar-refractivity contribution in [3.8, 4) is 0 Å². The summed E-state index contributed by atoms with van der Waals surface area (Å²) in [4.78, 5) is 3.78. The van der Waals surface area contributed by atoms with Crippen molar-refractivity contribution in [2.75, 3.05) is 31.6 Å². The van der Waals surface area contributed by atoms with Gasteiger partial charge < -0.3 is 9.80 Å². The highest BCUT2D eigenvalue weighted by Gasteiger charge is 2.32. The first kappa shape index (κ1) is 14.1. The van der Waals surface area contributed by atoms with Crippen molar-refractivity contribution >= 4 is 5.69 Å². The topological polar surface area (TPSA) is 6.48 Å². The van der Waals surface area contributed by atoms with Gasteiger partial charge in [-0.15, -0.1) is 0 Å². The van der Waals surface area contributed by atoms with Crippen molar-refractivity contribution in [1.82, 2.24) is 4.90 Å². The molecule has 0 aromatic heterocycles. The van der Waals surface area contributed by atoms with Crippen molar-refractivity contribution in [3.05, 3.63) is 29.6 Å². The van der Waals surface area contributed by atoms with Crippen molar-refractivity contribution in [2.45, 2.75) is 19.1 Å². The predicted octanol–water partition coefficient (Wildman–Crippen LogP) is 2.98. The molecule has 1 aliphatic rings. The monoisotopic (exact) mass is 276 g/mol. The van der Waals surface area contributed by atoms with Gasteiger partial charge in [0.25, 0.3) is 0 Å². The van der Waals surface area contributed by atoms with E-state index < -0.39 is 17.6 Å². The summed E-state index contributed by atoms with van der Waals surface area (Å²) in [6.45, 7) is 3.82. The zero-order chi connectivity index (χ0) is 14.2. The van der Waals surface area contributed by atoms with Gasteiger partial charge in [0, 0.05) is 25.7 Å². The van der Waals surface area contributed by atoms with Gasteiger partial charge in [-0.2, -0.15) is 13.2 Å². The zero-order valence-corrected chi connectivity index (χ0v) is 10.8. The van der Waals surface area contributed by atoms with Crippen LogP contribution in [0.1, 0.15) is 12.5 Å². The number of piperazine rings is 1. The Morgan fingerprint density at radius 1 is 1.21 bits per heavy atom. The molecule has 0 bridgehead atoms. The lowest BCUT2D eigenvalue weighted by Crippen LogP contribution is -2.50. The van der Waals surface area contributed by atoms with Crippen LogP contribution in [0.4, 0.5) is 23.2 Å². The normalized spacial score (nSPS) is 21.8. The molecule has 1 saturated heterocycles. The van der Waals surface area contributed by atoms with E-state index in [-0.39, 0.29) is 11.7 Å². The van der Waals surface area contributed by atoms with Crippen LogP contribution in [0, 0.1) is 5.82 Å². The lowest BCUT2D eigenvalue weighted by molar-refractivity contribution is -0.137. The van der Waals surface area contributed by atoms with E-state index in [9.17, 15) is 17.6 Å². The minimum atomic E-state index is -4.45. The predicted molar refractivity (Wildman–Crippen MR) is 65.7 cm³/mol. The average Bonchev–Trinajstić information content (AvgIpc) is 2.29. The molecular weight excluding hydrogens is 260 g/mol. The van der Waals surface area contributed by atoms with Gasteiger partial charge in [-0.05, 0) is 32.2 Å². The molecule has 0 N–H and O–H groups in total. The molecule has 2 rings (SSSR count). The van der Waals surface area contributed by atoms with E-state index >= 15 is 0 Å². The lowest BCUT2D eigenvalue weighted by Gasteiger charge is -2.40. The Kier molecular flexibility index (Phi) is 3.71. The van der Waals surface area contributed by atoms with Crippen LogP contribution in [0.15, 0.2) is 18.2 Å². The molecular formula is C13H16F4N2. The Hall–Kier alpha value is -1.30. The fourth-order valence-corrected chi connectivity index (χ4v) is 2.41. The molecule has 1 heterocycles. The number of benzene rings is 1. The Morgan fingerprint density at radius 3 is 2.47 bits per heavy atom. The molecule has 0 amide bonds. The van der Waals surface area contributed by atoms with Crippen molar-refractivity contribution in [2.24, 2.45) is 0 Å². The summed E-state index contributed by atoms with van der Waals surface area (Å²) in [5.74, 6) is -0.607. The molecule has 1 aliphatic heterocycles. The molecule has 19 heavy (non-hydrogen) atoms. The van der Waals surface area contributed by atoms with Crippen LogP contribution in [-0.2, 0) is 6.18 Å². The summed E-state index contributed by atoms with van der Waals surface area (Å²) in [6.07, 6.45) is -4.45. The Labute approximate surface area is 109 Å². The maximum Gasteiger partial charge on any atom is 0.416 e. The van der Waals surface area contributed by atoms with Gasteiger partial charge in [0.15, 0.2) is 0 Å². The summed E-state index contributed by atoms with van der Waals surface area (Å²) in [6, 6.07) is 2.55. The number of nitrogens with zero attached hydrogens (tertiary/aromatic N) is 2. The van der Waals surface area contributed by atoms with Gasteiger partial charge in [-0.25, -0.2) is 4.39 Å². The number of hydrogen-bond acceptors (Lipinski definition) is 2. The lowest BCUT2D eigenvalue weighted by atomic mass is 10.1. The molecule has 1 aromatic carbocycles. The van der Waals surface area contributed by atoms with Crippen molar-refractivity contribution < 1.29 is 17.6 Å². The molecule has 1 fully saturated rings. The van der Waals surface area contributed by atoms with Crippen LogP contribution in [0.3, 0.4) is 0 Å². The Bertz CT molecular complexity index is 458. The highest BCUT2D eigenvalue weighted by molar-refractivity contribution is 5.52. The van der Waals surface area contributed by atoms with Crippen LogP contribution in [-0.4, -0.2) is 37.6 Å². The van der Waals surface area contributed by atoms with E-state index in [1.165, 1.54) is 0 Å². The molecule has 0 radical (unpaired) electrons. The largest absolute Gasteiger partial charge is 0.416 e. The van der Waals surface area contributed by atoms with Gasteiger partial charge in [0.1, 0.15) is 5.82 Å². The molecule has 1 atom stereocenters. The van der Waals surface area contributed by atoms with Crippen LogP contribution >= 0.6 is 0 Å². The molecule has 2 nitrogen and oxygen atoms in total. The maximum absolute atomic E-state index is 13.8. The minimum absolute atomic E-state index is 0.0169. The number of alkyl halides is 3. The van der Waals surface area contributed by atoms with E-state index in [1.807, 2.05) is 14.0 Å². The number of likely N-dealkylation sites (N-methyl/N-ethyl adjacent to an activating group) is 1. The average molecular weight is 276 g/mol. The summed E-state index contributed by atoms with van der Waals surface area (Å²) in [5.41, 5.74) is -0.773. The first-order valence-electron chi connectivity index (χ1n) is 6.11. The highest BCUT2D eigenvalue weighted by Crippen LogP contribution is 2.34. The van der Waals surface area contributed by atoms with Crippen LogP contribution < -0.4 is 4.90 Å². The Morgan fingerprint density at radius 2 is 1.89 bits per heavy atom. The zero-order valence-electron chi connectivity index (χ0n) is 10.8. The van der Waals surface area contributed by atoms with E-state index in [0.717, 1.165) is 18.2 Å². The third-order valence-electron chi connectivity index (χ3n) is 3.41. The Balaban J connectivity index is 2.33. The third kappa shape index (κ3) is 3.00. The molecule has 0 spiro atoms. The number of halogens is 4. The second-order valence-electron chi connectivity index (χ2n) is 4.97. The molecule has 1 aromatic rings. The van der Waals surface area contributed by atoms with Crippen LogP contribution in [0.5, 0.6) is 0 Å². The second kappa shape index (κ2) is 5.00. The fraction of sp³-hybridized carbons (Fsp3) is 0.538. The van der Waals surface area contributed by atoms with E-state index in [1.54, 1.807) is 4.90 Å². The van der Waals surface area contributed by atoms with Gasteiger partial charge in [-0.1, -0.05) is 0 Å². The second-order valence-corrected chi connectivity index (χ2v) is 4.97. The molecule has 6 heteroatoms. The molecule has 0 unspecified atom stereocenters. The van der Waals surface area contributed by atoms with Crippen molar-refractivity contribution in [1.29, 1.82) is 0 Å². The van der Waals surface area contributed by atoms with E-state index in [2.05, 4.69) is 4.90 Å². The molecule has 0 saturated carbocycles. The molecule has 0 aliphatic carbocycles. The van der Waals surface area contributed by atoms with E-state index in [4.69, 9.17) is 0 Å². The van der Waals surface area contributed by atoms with Gasteiger partial charge >= 0.3 is 6.18 Å². The SMILES string of the molecule is C[C@@H]1CN(C)CCN1c1cc(C(F)(F)F)ccc1F. The fourth-order valence-electron chi connectivity index (χ4n) is 2.41. The highest BCUT2D eigenvalue weighted by atomic mass is 19.4. The summed E-state index contributed by atoms with van der Waals surface area (Å²) >= 11 is 0. The van der Waals surface area contributed by atoms with Gasteiger partial charge in [-0.3, -0.25) is 0 Å². The van der Waals surface area contributed by atoms with Crippen LogP contribution in [0.25, 0.3) is 0 Å². The summed E-state index contributed by atoms with van der Waals surface area (Å²) in [5, 5.41) is 0. The molecule has 106 valence electrons. The number of rotatable bonds is 1. The van der Waals surface area contributed by atoms with Crippen molar-refractivity contribution in [3.63, 3.8) is 0 Å². The number of hydrogen-bond donors (Lipinski definition) is 0. The summed E-state index contributed by atoms with van der Waals surface area (Å²) in [7, 11) is 1.94. The smallest absolute Gasteiger partial charge is 0.364 e. The maximum atomic E-state index is 13.8. The van der Waals surface area contributed by atoms with E-state index in [0.29, 0.717) is 19.6 Å². The first-order chi connectivity index (χ1) is 8.79. The quantitative estimate of drug-likeness (QED) is 0.728. The minimum Gasteiger partial charge on any atom is -0.364 e. The van der Waals surface area contributed by atoms with Gasteiger partial charge in [0.2, 0.25) is 0 Å².